The lowest BCUT2D eigenvalue weighted by atomic mass is 10.2. The Morgan fingerprint density at radius 1 is 1.19 bits per heavy atom. The Morgan fingerprint density at radius 3 is 2.29 bits per heavy atom. The van der Waals surface area contributed by atoms with Gasteiger partial charge in [0.05, 0.1) is 11.4 Å². The van der Waals surface area contributed by atoms with E-state index in [-0.39, 0.29) is 10.9 Å². The number of aromatic nitrogens is 2. The Morgan fingerprint density at radius 2 is 1.81 bits per heavy atom. The quantitative estimate of drug-likeness (QED) is 0.923. The number of H-pyrrole nitrogens is 1. The van der Waals surface area contributed by atoms with Gasteiger partial charge in [-0.15, -0.1) is 0 Å². The summed E-state index contributed by atoms with van der Waals surface area (Å²) < 4.78 is 27.4. The smallest absolute Gasteiger partial charge is 0.247 e. The molecule has 2 rings (SSSR count). The Labute approximate surface area is 126 Å². The fourth-order valence-electron chi connectivity index (χ4n) is 2.35. The van der Waals surface area contributed by atoms with E-state index < -0.39 is 10.0 Å². The van der Waals surface area contributed by atoms with Gasteiger partial charge in [-0.05, 0) is 33.3 Å². The Kier molecular flexibility index (Phi) is 4.49. The molecule has 1 aromatic heterocycles. The van der Waals surface area contributed by atoms with E-state index in [1.807, 2.05) is 44.2 Å². The molecule has 0 bridgehead atoms. The second kappa shape index (κ2) is 5.99. The molecular formula is C15H21N3O2S. The molecule has 0 atom stereocenters. The summed E-state index contributed by atoms with van der Waals surface area (Å²) >= 11 is 0. The summed E-state index contributed by atoms with van der Waals surface area (Å²) in [6, 6.07) is 9.47. The van der Waals surface area contributed by atoms with Crippen LogP contribution in [0.5, 0.6) is 0 Å². The second-order valence-electron chi connectivity index (χ2n) is 5.39. The molecule has 5 nitrogen and oxygen atoms in total. The van der Waals surface area contributed by atoms with Crippen molar-refractivity contribution in [3.05, 3.63) is 47.3 Å². The third kappa shape index (κ3) is 3.16. The van der Waals surface area contributed by atoms with Gasteiger partial charge >= 0.3 is 0 Å². The van der Waals surface area contributed by atoms with E-state index >= 15 is 0 Å². The summed E-state index contributed by atoms with van der Waals surface area (Å²) in [5, 5.41) is 6.75. The predicted molar refractivity (Wildman–Crippen MR) is 82.4 cm³/mol. The fraction of sp³-hybridized carbons (Fsp3) is 0.400. The topological polar surface area (TPSA) is 66.1 Å². The summed E-state index contributed by atoms with van der Waals surface area (Å²) in [6.45, 7) is 7.55. The van der Waals surface area contributed by atoms with Crippen LogP contribution in [0.4, 0.5) is 0 Å². The zero-order chi connectivity index (χ0) is 15.6. The molecular weight excluding hydrogens is 286 g/mol. The van der Waals surface area contributed by atoms with Crippen molar-refractivity contribution in [3.8, 4) is 0 Å². The van der Waals surface area contributed by atoms with E-state index in [1.54, 1.807) is 13.8 Å². The van der Waals surface area contributed by atoms with Gasteiger partial charge in [0.15, 0.2) is 0 Å². The fourth-order valence-corrected chi connectivity index (χ4v) is 4.31. The largest absolute Gasteiger partial charge is 0.281 e. The molecule has 0 aliphatic rings. The van der Waals surface area contributed by atoms with E-state index in [0.717, 1.165) is 5.56 Å². The van der Waals surface area contributed by atoms with Crippen LogP contribution in [0.1, 0.15) is 30.8 Å². The number of nitrogens with zero attached hydrogens (tertiary/aromatic N) is 2. The molecule has 0 radical (unpaired) electrons. The van der Waals surface area contributed by atoms with E-state index in [2.05, 4.69) is 10.2 Å². The first kappa shape index (κ1) is 15.7. The molecule has 0 fully saturated rings. The molecule has 0 unspecified atom stereocenters. The summed E-state index contributed by atoms with van der Waals surface area (Å²) in [4.78, 5) is 0.284. The van der Waals surface area contributed by atoms with Crippen molar-refractivity contribution in [2.45, 2.75) is 45.2 Å². The SMILES string of the molecule is Cc1n[nH]c(C)c1S(=O)(=O)N(Cc1ccccc1)C(C)C. The Bertz CT molecular complexity index is 686. The molecule has 0 spiro atoms. The van der Waals surface area contributed by atoms with Crippen LogP contribution in [0.3, 0.4) is 0 Å². The van der Waals surface area contributed by atoms with Crippen LogP contribution < -0.4 is 0 Å². The van der Waals surface area contributed by atoms with Crippen LogP contribution in [0, 0.1) is 13.8 Å². The highest BCUT2D eigenvalue weighted by Crippen LogP contribution is 2.25. The van der Waals surface area contributed by atoms with Crippen molar-refractivity contribution in [1.29, 1.82) is 0 Å². The molecule has 21 heavy (non-hydrogen) atoms. The van der Waals surface area contributed by atoms with Gasteiger partial charge in [0.1, 0.15) is 4.90 Å². The maximum Gasteiger partial charge on any atom is 0.247 e. The van der Waals surface area contributed by atoms with Gasteiger partial charge in [-0.3, -0.25) is 5.10 Å². The average molecular weight is 307 g/mol. The molecule has 1 aromatic carbocycles. The number of hydrogen-bond acceptors (Lipinski definition) is 3. The standard InChI is InChI=1S/C15H21N3O2S/c1-11(2)18(10-14-8-6-5-7-9-14)21(19,20)15-12(3)16-17-13(15)4/h5-9,11H,10H2,1-4H3,(H,16,17). The second-order valence-corrected chi connectivity index (χ2v) is 7.22. The van der Waals surface area contributed by atoms with Crippen LogP contribution in [-0.4, -0.2) is 29.0 Å². The maximum atomic E-state index is 12.9. The van der Waals surface area contributed by atoms with Gasteiger partial charge in [0.25, 0.3) is 0 Å². The van der Waals surface area contributed by atoms with Crippen molar-refractivity contribution >= 4 is 10.0 Å². The minimum absolute atomic E-state index is 0.135. The van der Waals surface area contributed by atoms with Crippen molar-refractivity contribution in [1.82, 2.24) is 14.5 Å². The minimum atomic E-state index is -3.58. The first-order valence-corrected chi connectivity index (χ1v) is 8.35. The first-order chi connectivity index (χ1) is 9.84. The Balaban J connectivity index is 2.43. The highest BCUT2D eigenvalue weighted by molar-refractivity contribution is 7.89. The third-order valence-corrected chi connectivity index (χ3v) is 5.67. The highest BCUT2D eigenvalue weighted by atomic mass is 32.2. The van der Waals surface area contributed by atoms with E-state index in [9.17, 15) is 8.42 Å². The monoisotopic (exact) mass is 307 g/mol. The van der Waals surface area contributed by atoms with Gasteiger partial charge in [0, 0.05) is 12.6 Å². The van der Waals surface area contributed by atoms with E-state index in [4.69, 9.17) is 0 Å². The number of sulfonamides is 1. The number of nitrogens with one attached hydrogen (secondary N) is 1. The van der Waals surface area contributed by atoms with Crippen LogP contribution in [0.2, 0.25) is 0 Å². The Hall–Kier alpha value is -1.66. The van der Waals surface area contributed by atoms with Gasteiger partial charge in [0.2, 0.25) is 10.0 Å². The average Bonchev–Trinajstić information content (AvgIpc) is 2.76. The summed E-state index contributed by atoms with van der Waals surface area (Å²) in [6.07, 6.45) is 0. The number of hydrogen-bond donors (Lipinski definition) is 1. The highest BCUT2D eigenvalue weighted by Gasteiger charge is 2.31. The molecule has 1 heterocycles. The maximum absolute atomic E-state index is 12.9. The molecule has 6 heteroatoms. The van der Waals surface area contributed by atoms with Gasteiger partial charge in [-0.25, -0.2) is 8.42 Å². The number of benzene rings is 1. The van der Waals surface area contributed by atoms with Crippen molar-refractivity contribution in [3.63, 3.8) is 0 Å². The van der Waals surface area contributed by atoms with Crippen molar-refractivity contribution < 1.29 is 8.42 Å². The lowest BCUT2D eigenvalue weighted by Crippen LogP contribution is -2.36. The zero-order valence-electron chi connectivity index (χ0n) is 12.8. The lowest BCUT2D eigenvalue weighted by Gasteiger charge is -2.26. The van der Waals surface area contributed by atoms with Gasteiger partial charge in [-0.2, -0.15) is 9.40 Å². The van der Waals surface area contributed by atoms with Crippen LogP contribution in [0.15, 0.2) is 35.2 Å². The van der Waals surface area contributed by atoms with Crippen LogP contribution >= 0.6 is 0 Å². The third-order valence-electron chi connectivity index (χ3n) is 3.38. The zero-order valence-corrected chi connectivity index (χ0v) is 13.6. The molecule has 0 saturated heterocycles. The normalized spacial score (nSPS) is 12.3. The molecule has 1 N–H and O–H groups in total. The molecule has 114 valence electrons. The van der Waals surface area contributed by atoms with Gasteiger partial charge < -0.3 is 0 Å². The minimum Gasteiger partial charge on any atom is -0.281 e. The first-order valence-electron chi connectivity index (χ1n) is 6.91. The van der Waals surface area contributed by atoms with Crippen molar-refractivity contribution in [2.75, 3.05) is 0 Å². The van der Waals surface area contributed by atoms with E-state index in [0.29, 0.717) is 17.9 Å². The summed E-state index contributed by atoms with van der Waals surface area (Å²) in [7, 11) is -3.58. The molecule has 0 aliphatic carbocycles. The van der Waals surface area contributed by atoms with Gasteiger partial charge in [-0.1, -0.05) is 30.3 Å². The molecule has 2 aromatic rings. The number of rotatable bonds is 5. The van der Waals surface area contributed by atoms with Crippen LogP contribution in [0.25, 0.3) is 0 Å². The predicted octanol–water partition coefficient (Wildman–Crippen LogP) is 2.63. The number of aryl methyl sites for hydroxylation is 2. The molecule has 0 amide bonds. The molecule has 0 saturated carbocycles. The molecule has 0 aliphatic heterocycles. The lowest BCUT2D eigenvalue weighted by molar-refractivity contribution is 0.347. The van der Waals surface area contributed by atoms with E-state index in [1.165, 1.54) is 4.31 Å². The summed E-state index contributed by atoms with van der Waals surface area (Å²) in [5.74, 6) is 0. The summed E-state index contributed by atoms with van der Waals surface area (Å²) in [5.41, 5.74) is 2.05. The van der Waals surface area contributed by atoms with Crippen LogP contribution in [-0.2, 0) is 16.6 Å². The van der Waals surface area contributed by atoms with Crippen molar-refractivity contribution in [2.24, 2.45) is 0 Å². The number of aromatic amines is 1.